The molecule has 0 aliphatic heterocycles. The first kappa shape index (κ1) is 19.3. The number of hydrogen-bond acceptors (Lipinski definition) is 3. The van der Waals surface area contributed by atoms with Gasteiger partial charge in [0.2, 0.25) is 0 Å². The molecule has 0 fully saturated rings. The van der Waals surface area contributed by atoms with Gasteiger partial charge in [-0.1, -0.05) is 57.0 Å². The third kappa shape index (κ3) is 4.85. The number of furan rings is 1. The Labute approximate surface area is 143 Å². The fraction of sp³-hybridized carbons (Fsp3) is 0.389. The second-order valence-electron chi connectivity index (χ2n) is 5.44. The number of amides is 1. The van der Waals surface area contributed by atoms with Crippen molar-refractivity contribution in [3.8, 4) is 0 Å². The van der Waals surface area contributed by atoms with Crippen LogP contribution in [0.5, 0.6) is 0 Å². The van der Waals surface area contributed by atoms with Crippen molar-refractivity contribution in [2.24, 2.45) is 11.7 Å². The van der Waals surface area contributed by atoms with Crippen molar-refractivity contribution in [3.63, 3.8) is 0 Å². The number of carbonyl (C=O) groups is 1. The molecule has 0 saturated heterocycles. The number of rotatable bonds is 7. The van der Waals surface area contributed by atoms with Gasteiger partial charge in [0.25, 0.3) is 5.91 Å². The van der Waals surface area contributed by atoms with Crippen molar-refractivity contribution in [2.75, 3.05) is 0 Å². The molecule has 1 heterocycles. The highest BCUT2D eigenvalue weighted by Gasteiger charge is 2.23. The average Bonchev–Trinajstić information content (AvgIpc) is 3.05. The molecule has 0 aliphatic rings. The summed E-state index contributed by atoms with van der Waals surface area (Å²) in [7, 11) is 0. The van der Waals surface area contributed by atoms with Crippen LogP contribution in [0.4, 0.5) is 0 Å². The number of nitrogens with one attached hydrogen (secondary N) is 1. The van der Waals surface area contributed by atoms with E-state index in [0.29, 0.717) is 23.8 Å². The first-order valence-electron chi connectivity index (χ1n) is 7.82. The SMILES string of the molecule is CCC(CC)C(NC(=O)c1coc(CN)c1)c1ccccc1.Cl. The molecular formula is C18H25ClN2O2. The summed E-state index contributed by atoms with van der Waals surface area (Å²) in [6, 6.07) is 11.8. The van der Waals surface area contributed by atoms with Gasteiger partial charge in [0, 0.05) is 0 Å². The Hall–Kier alpha value is -1.78. The maximum atomic E-state index is 12.5. The van der Waals surface area contributed by atoms with Gasteiger partial charge in [-0.3, -0.25) is 4.79 Å². The van der Waals surface area contributed by atoms with E-state index < -0.39 is 0 Å². The van der Waals surface area contributed by atoms with E-state index in [0.717, 1.165) is 18.4 Å². The van der Waals surface area contributed by atoms with Crippen LogP contribution in [0.15, 0.2) is 47.1 Å². The molecule has 3 N–H and O–H groups in total. The van der Waals surface area contributed by atoms with Crippen LogP contribution in [0.3, 0.4) is 0 Å². The minimum atomic E-state index is -0.121. The summed E-state index contributed by atoms with van der Waals surface area (Å²) < 4.78 is 5.25. The highest BCUT2D eigenvalue weighted by atomic mass is 35.5. The van der Waals surface area contributed by atoms with E-state index in [9.17, 15) is 4.79 Å². The Bertz CT molecular complexity index is 594. The lowest BCUT2D eigenvalue weighted by Crippen LogP contribution is -2.33. The summed E-state index contributed by atoms with van der Waals surface area (Å²) in [5, 5.41) is 3.15. The Morgan fingerprint density at radius 2 is 1.87 bits per heavy atom. The predicted molar refractivity (Wildman–Crippen MR) is 94.6 cm³/mol. The van der Waals surface area contributed by atoms with Gasteiger partial charge in [-0.15, -0.1) is 12.4 Å². The quantitative estimate of drug-likeness (QED) is 0.800. The van der Waals surface area contributed by atoms with Gasteiger partial charge in [0.1, 0.15) is 12.0 Å². The highest BCUT2D eigenvalue weighted by Crippen LogP contribution is 2.27. The maximum Gasteiger partial charge on any atom is 0.255 e. The smallest absolute Gasteiger partial charge is 0.255 e. The van der Waals surface area contributed by atoms with Crippen molar-refractivity contribution in [1.82, 2.24) is 5.32 Å². The fourth-order valence-corrected chi connectivity index (χ4v) is 2.73. The molecule has 1 aromatic heterocycles. The van der Waals surface area contributed by atoms with Gasteiger partial charge in [0.05, 0.1) is 18.2 Å². The van der Waals surface area contributed by atoms with Crippen LogP contribution in [0.2, 0.25) is 0 Å². The summed E-state index contributed by atoms with van der Waals surface area (Å²) >= 11 is 0. The molecule has 1 unspecified atom stereocenters. The topological polar surface area (TPSA) is 68.3 Å². The molecule has 126 valence electrons. The van der Waals surface area contributed by atoms with Gasteiger partial charge < -0.3 is 15.5 Å². The van der Waals surface area contributed by atoms with E-state index in [1.54, 1.807) is 6.07 Å². The third-order valence-corrected chi connectivity index (χ3v) is 4.08. The number of benzene rings is 1. The lowest BCUT2D eigenvalue weighted by molar-refractivity contribution is 0.0919. The van der Waals surface area contributed by atoms with Gasteiger partial charge >= 0.3 is 0 Å². The largest absolute Gasteiger partial charge is 0.467 e. The second kappa shape index (κ2) is 9.38. The average molecular weight is 337 g/mol. The molecule has 4 nitrogen and oxygen atoms in total. The Kier molecular flexibility index (Phi) is 7.86. The van der Waals surface area contributed by atoms with E-state index in [1.807, 2.05) is 18.2 Å². The van der Waals surface area contributed by atoms with E-state index in [4.69, 9.17) is 10.2 Å². The summed E-state index contributed by atoms with van der Waals surface area (Å²) in [5.41, 5.74) is 7.17. The molecular weight excluding hydrogens is 312 g/mol. The molecule has 23 heavy (non-hydrogen) atoms. The maximum absolute atomic E-state index is 12.5. The first-order valence-corrected chi connectivity index (χ1v) is 7.82. The Morgan fingerprint density at radius 3 is 2.39 bits per heavy atom. The van der Waals surface area contributed by atoms with E-state index in [-0.39, 0.29) is 24.4 Å². The molecule has 2 aromatic rings. The molecule has 0 radical (unpaired) electrons. The highest BCUT2D eigenvalue weighted by molar-refractivity contribution is 5.94. The molecule has 0 spiro atoms. The van der Waals surface area contributed by atoms with E-state index in [2.05, 4.69) is 31.3 Å². The van der Waals surface area contributed by atoms with Gasteiger partial charge in [-0.05, 0) is 17.5 Å². The molecule has 0 bridgehead atoms. The third-order valence-electron chi connectivity index (χ3n) is 4.08. The van der Waals surface area contributed by atoms with Crippen LogP contribution in [0, 0.1) is 5.92 Å². The molecule has 2 rings (SSSR count). The minimum absolute atomic E-state index is 0. The predicted octanol–water partition coefficient (Wildman–Crippen LogP) is 4.07. The zero-order valence-corrected chi connectivity index (χ0v) is 14.4. The van der Waals surface area contributed by atoms with Crippen molar-refractivity contribution in [3.05, 3.63) is 59.5 Å². The zero-order chi connectivity index (χ0) is 15.9. The first-order chi connectivity index (χ1) is 10.7. The monoisotopic (exact) mass is 336 g/mol. The lowest BCUT2D eigenvalue weighted by Gasteiger charge is -2.26. The number of hydrogen-bond donors (Lipinski definition) is 2. The normalized spacial score (nSPS) is 11.8. The van der Waals surface area contributed by atoms with Crippen LogP contribution >= 0.6 is 12.4 Å². The fourth-order valence-electron chi connectivity index (χ4n) is 2.73. The van der Waals surface area contributed by atoms with Crippen molar-refractivity contribution < 1.29 is 9.21 Å². The zero-order valence-electron chi connectivity index (χ0n) is 13.6. The van der Waals surface area contributed by atoms with E-state index in [1.165, 1.54) is 6.26 Å². The summed E-state index contributed by atoms with van der Waals surface area (Å²) in [6.07, 6.45) is 3.48. The minimum Gasteiger partial charge on any atom is -0.467 e. The number of carbonyl (C=O) groups excluding carboxylic acids is 1. The number of nitrogens with two attached hydrogens (primary N) is 1. The van der Waals surface area contributed by atoms with Crippen LogP contribution in [0.1, 0.15) is 54.4 Å². The van der Waals surface area contributed by atoms with Crippen molar-refractivity contribution in [2.45, 2.75) is 39.3 Å². The molecule has 1 aromatic carbocycles. The molecule has 1 amide bonds. The molecule has 0 aliphatic carbocycles. The molecule has 5 heteroatoms. The molecule has 0 saturated carbocycles. The van der Waals surface area contributed by atoms with Crippen LogP contribution in [0.25, 0.3) is 0 Å². The van der Waals surface area contributed by atoms with Gasteiger partial charge in [-0.2, -0.15) is 0 Å². The van der Waals surface area contributed by atoms with Crippen LogP contribution in [-0.2, 0) is 6.54 Å². The van der Waals surface area contributed by atoms with E-state index >= 15 is 0 Å². The van der Waals surface area contributed by atoms with Crippen molar-refractivity contribution >= 4 is 18.3 Å². The molecule has 1 atom stereocenters. The summed E-state index contributed by atoms with van der Waals surface area (Å²) in [4.78, 5) is 12.5. The van der Waals surface area contributed by atoms with Crippen molar-refractivity contribution in [1.29, 1.82) is 0 Å². The van der Waals surface area contributed by atoms with Crippen LogP contribution in [-0.4, -0.2) is 5.91 Å². The standard InChI is InChI=1S/C18H24N2O2.ClH/c1-3-13(4-2)17(14-8-6-5-7-9-14)20-18(21)15-10-16(11-19)22-12-15;/h5-10,12-13,17H,3-4,11,19H2,1-2H3,(H,20,21);1H. The second-order valence-corrected chi connectivity index (χ2v) is 5.44. The Balaban J connectivity index is 0.00000264. The van der Waals surface area contributed by atoms with Crippen LogP contribution < -0.4 is 11.1 Å². The Morgan fingerprint density at radius 1 is 1.22 bits per heavy atom. The summed E-state index contributed by atoms with van der Waals surface area (Å²) in [6.45, 7) is 4.60. The summed E-state index contributed by atoms with van der Waals surface area (Å²) in [5.74, 6) is 0.889. The van der Waals surface area contributed by atoms with Gasteiger partial charge in [-0.25, -0.2) is 0 Å². The lowest BCUT2D eigenvalue weighted by atomic mass is 9.88. The number of halogens is 1. The van der Waals surface area contributed by atoms with Gasteiger partial charge in [0.15, 0.2) is 0 Å².